The Kier molecular flexibility index (Phi) is 6.18. The zero-order chi connectivity index (χ0) is 21.0. The number of para-hydroxylation sites is 2. The first-order valence-corrected chi connectivity index (χ1v) is 11.7. The standard InChI is InChI=1S/C25H32N4O2/c30-16-13-18-5-8-20(9-6-18)31-21-11-14-29(15-12-21)24-10-7-19(17-26-24)25-27-22-3-1-2-4-23(22)28-25/h1-4,7,10,17-18,20-21,30H,5-6,8-9,11-16H2,(H,27,28). The molecule has 6 nitrogen and oxygen atoms in total. The maximum absolute atomic E-state index is 9.12. The van der Waals surface area contributed by atoms with Gasteiger partial charge in [0.05, 0.1) is 23.2 Å². The molecule has 3 heterocycles. The minimum absolute atomic E-state index is 0.321. The summed E-state index contributed by atoms with van der Waals surface area (Å²) >= 11 is 0. The first kappa shape index (κ1) is 20.5. The van der Waals surface area contributed by atoms with Gasteiger partial charge in [0, 0.05) is 31.5 Å². The number of rotatable bonds is 6. The lowest BCUT2D eigenvalue weighted by atomic mass is 9.85. The van der Waals surface area contributed by atoms with Crippen molar-refractivity contribution in [3.63, 3.8) is 0 Å². The molecule has 1 aliphatic carbocycles. The van der Waals surface area contributed by atoms with E-state index in [2.05, 4.69) is 27.0 Å². The van der Waals surface area contributed by atoms with Crippen molar-refractivity contribution in [3.8, 4) is 11.4 Å². The summed E-state index contributed by atoms with van der Waals surface area (Å²) in [5, 5.41) is 9.12. The maximum atomic E-state index is 9.12. The molecule has 0 radical (unpaired) electrons. The van der Waals surface area contributed by atoms with Crippen LogP contribution in [0.4, 0.5) is 5.82 Å². The third kappa shape index (κ3) is 4.75. The van der Waals surface area contributed by atoms with E-state index in [0.717, 1.165) is 73.4 Å². The lowest BCUT2D eigenvalue weighted by Crippen LogP contribution is -2.39. The first-order valence-electron chi connectivity index (χ1n) is 11.7. The average Bonchev–Trinajstić information content (AvgIpc) is 3.26. The third-order valence-electron chi connectivity index (χ3n) is 6.89. The Labute approximate surface area is 183 Å². The number of aliphatic hydroxyl groups is 1. The van der Waals surface area contributed by atoms with Crippen LogP contribution in [0.25, 0.3) is 22.4 Å². The molecule has 5 rings (SSSR count). The van der Waals surface area contributed by atoms with E-state index in [4.69, 9.17) is 14.8 Å². The highest BCUT2D eigenvalue weighted by Gasteiger charge is 2.27. The van der Waals surface area contributed by atoms with Crippen LogP contribution in [0.5, 0.6) is 0 Å². The number of aliphatic hydroxyl groups excluding tert-OH is 1. The van der Waals surface area contributed by atoms with Gasteiger partial charge in [0.2, 0.25) is 0 Å². The number of imidazole rings is 1. The number of fused-ring (bicyclic) bond motifs is 1. The molecule has 1 aromatic carbocycles. The molecule has 2 aliphatic rings. The van der Waals surface area contributed by atoms with Gasteiger partial charge in [-0.2, -0.15) is 0 Å². The van der Waals surface area contributed by atoms with Crippen LogP contribution in [0.2, 0.25) is 0 Å². The van der Waals surface area contributed by atoms with Gasteiger partial charge in [-0.05, 0) is 75.1 Å². The van der Waals surface area contributed by atoms with Crippen LogP contribution in [-0.2, 0) is 4.74 Å². The molecule has 3 aromatic rings. The van der Waals surface area contributed by atoms with E-state index in [1.54, 1.807) is 0 Å². The van der Waals surface area contributed by atoms with Gasteiger partial charge in [-0.15, -0.1) is 0 Å². The molecule has 0 bridgehead atoms. The number of H-pyrrole nitrogens is 1. The number of benzene rings is 1. The van der Waals surface area contributed by atoms with Crippen LogP contribution in [0.3, 0.4) is 0 Å². The quantitative estimate of drug-likeness (QED) is 0.612. The molecule has 1 saturated carbocycles. The molecule has 1 aliphatic heterocycles. The summed E-state index contributed by atoms with van der Waals surface area (Å²) in [5.41, 5.74) is 3.03. The Morgan fingerprint density at radius 1 is 0.968 bits per heavy atom. The van der Waals surface area contributed by atoms with Crippen molar-refractivity contribution in [3.05, 3.63) is 42.6 Å². The van der Waals surface area contributed by atoms with E-state index >= 15 is 0 Å². The van der Waals surface area contributed by atoms with Crippen LogP contribution >= 0.6 is 0 Å². The Morgan fingerprint density at radius 3 is 2.45 bits per heavy atom. The minimum Gasteiger partial charge on any atom is -0.396 e. The predicted octanol–water partition coefficient (Wildman–Crippen LogP) is 4.55. The lowest BCUT2D eigenvalue weighted by molar-refractivity contribution is -0.0468. The van der Waals surface area contributed by atoms with Crippen molar-refractivity contribution >= 4 is 16.9 Å². The molecule has 1 saturated heterocycles. The zero-order valence-electron chi connectivity index (χ0n) is 18.0. The lowest BCUT2D eigenvalue weighted by Gasteiger charge is -2.36. The van der Waals surface area contributed by atoms with Crippen molar-refractivity contribution in [1.29, 1.82) is 0 Å². The number of piperidine rings is 1. The Hall–Kier alpha value is -2.44. The van der Waals surface area contributed by atoms with Crippen LogP contribution in [0.1, 0.15) is 44.9 Å². The SMILES string of the molecule is OCCC1CCC(OC2CCN(c3ccc(-c4nc5ccccc5[nH]4)cn3)CC2)CC1. The first-order chi connectivity index (χ1) is 15.3. The topological polar surface area (TPSA) is 74.3 Å². The van der Waals surface area contributed by atoms with Gasteiger partial charge in [-0.25, -0.2) is 9.97 Å². The van der Waals surface area contributed by atoms with Crippen molar-refractivity contribution in [2.75, 3.05) is 24.6 Å². The number of aromatic amines is 1. The fraction of sp³-hybridized carbons (Fsp3) is 0.520. The van der Waals surface area contributed by atoms with Gasteiger partial charge in [-0.3, -0.25) is 0 Å². The van der Waals surface area contributed by atoms with Crippen LogP contribution in [0, 0.1) is 5.92 Å². The zero-order valence-corrected chi connectivity index (χ0v) is 18.0. The van der Waals surface area contributed by atoms with E-state index in [9.17, 15) is 0 Å². The highest BCUT2D eigenvalue weighted by molar-refractivity contribution is 5.79. The second kappa shape index (κ2) is 9.37. The highest BCUT2D eigenvalue weighted by Crippen LogP contribution is 2.31. The average molecular weight is 421 g/mol. The van der Waals surface area contributed by atoms with E-state index in [-0.39, 0.29) is 0 Å². The largest absolute Gasteiger partial charge is 0.396 e. The van der Waals surface area contributed by atoms with E-state index in [0.29, 0.717) is 24.7 Å². The molecule has 0 amide bonds. The summed E-state index contributed by atoms with van der Waals surface area (Å²) in [4.78, 5) is 15.1. The fourth-order valence-corrected chi connectivity index (χ4v) is 5.04. The summed E-state index contributed by atoms with van der Waals surface area (Å²) in [7, 11) is 0. The van der Waals surface area contributed by atoms with E-state index < -0.39 is 0 Å². The summed E-state index contributed by atoms with van der Waals surface area (Å²) in [6.07, 6.45) is 10.5. The van der Waals surface area contributed by atoms with Gasteiger partial charge in [-0.1, -0.05) is 12.1 Å². The molecule has 0 atom stereocenters. The number of nitrogens with one attached hydrogen (secondary N) is 1. The molecule has 6 heteroatoms. The van der Waals surface area contributed by atoms with Gasteiger partial charge in [0.25, 0.3) is 0 Å². The normalized spacial score (nSPS) is 22.8. The summed E-state index contributed by atoms with van der Waals surface area (Å²) in [5.74, 6) is 2.59. The van der Waals surface area contributed by atoms with Gasteiger partial charge >= 0.3 is 0 Å². The number of hydrogen-bond donors (Lipinski definition) is 2. The van der Waals surface area contributed by atoms with Gasteiger partial charge in [0.1, 0.15) is 11.6 Å². The Bertz CT molecular complexity index is 938. The molecule has 164 valence electrons. The molecule has 2 fully saturated rings. The predicted molar refractivity (Wildman–Crippen MR) is 123 cm³/mol. The Morgan fingerprint density at radius 2 is 1.74 bits per heavy atom. The number of anilines is 1. The number of nitrogens with zero attached hydrogens (tertiary/aromatic N) is 3. The molecule has 2 aromatic heterocycles. The number of aromatic nitrogens is 3. The monoisotopic (exact) mass is 420 g/mol. The minimum atomic E-state index is 0.321. The molecular formula is C25H32N4O2. The number of hydrogen-bond acceptors (Lipinski definition) is 5. The van der Waals surface area contributed by atoms with Gasteiger partial charge < -0.3 is 19.7 Å². The molecule has 2 N–H and O–H groups in total. The second-order valence-corrected chi connectivity index (χ2v) is 8.99. The van der Waals surface area contributed by atoms with Gasteiger partial charge in [0.15, 0.2) is 0 Å². The third-order valence-corrected chi connectivity index (χ3v) is 6.89. The highest BCUT2D eigenvalue weighted by atomic mass is 16.5. The maximum Gasteiger partial charge on any atom is 0.140 e. The summed E-state index contributed by atoms with van der Waals surface area (Å²) < 4.78 is 6.43. The van der Waals surface area contributed by atoms with Crippen molar-refractivity contribution in [2.24, 2.45) is 5.92 Å². The van der Waals surface area contributed by atoms with E-state index in [1.807, 2.05) is 30.5 Å². The van der Waals surface area contributed by atoms with Crippen molar-refractivity contribution < 1.29 is 9.84 Å². The molecule has 0 spiro atoms. The van der Waals surface area contributed by atoms with Crippen LogP contribution in [0.15, 0.2) is 42.6 Å². The number of pyridine rings is 1. The Balaban J connectivity index is 1.13. The van der Waals surface area contributed by atoms with Crippen molar-refractivity contribution in [1.82, 2.24) is 15.0 Å². The molecule has 0 unspecified atom stereocenters. The second-order valence-electron chi connectivity index (χ2n) is 8.99. The summed E-state index contributed by atoms with van der Waals surface area (Å²) in [6.45, 7) is 2.30. The smallest absolute Gasteiger partial charge is 0.140 e. The van der Waals surface area contributed by atoms with E-state index in [1.165, 1.54) is 12.8 Å². The molecule has 31 heavy (non-hydrogen) atoms. The fourth-order valence-electron chi connectivity index (χ4n) is 5.04. The summed E-state index contributed by atoms with van der Waals surface area (Å²) in [6, 6.07) is 12.3. The van der Waals surface area contributed by atoms with Crippen molar-refractivity contribution in [2.45, 2.75) is 57.2 Å². The van der Waals surface area contributed by atoms with Crippen LogP contribution in [-0.4, -0.2) is 52.0 Å². The molecular weight excluding hydrogens is 388 g/mol. The number of ether oxygens (including phenoxy) is 1. The van der Waals surface area contributed by atoms with Crippen LogP contribution < -0.4 is 4.90 Å².